The molecule has 3 aromatic carbocycles. The van der Waals surface area contributed by atoms with E-state index in [4.69, 9.17) is 0 Å². The quantitative estimate of drug-likeness (QED) is 0.600. The molecule has 1 heteroatoms. The summed E-state index contributed by atoms with van der Waals surface area (Å²) in [7, 11) is 0. The molecule has 0 aromatic heterocycles. The Morgan fingerprint density at radius 2 is 1.18 bits per heavy atom. The molecule has 0 amide bonds. The Balaban J connectivity index is 2.01. The van der Waals surface area contributed by atoms with Crippen molar-refractivity contribution in [3.8, 4) is 0 Å². The van der Waals surface area contributed by atoms with Crippen molar-refractivity contribution in [2.75, 3.05) is 4.90 Å². The average molecular weight is 287 g/mol. The maximum atomic E-state index is 2.36. The van der Waals surface area contributed by atoms with Gasteiger partial charge in [0.25, 0.3) is 0 Å². The van der Waals surface area contributed by atoms with Crippen LogP contribution in [0.3, 0.4) is 0 Å². The first-order valence-corrected chi connectivity index (χ1v) is 7.68. The lowest BCUT2D eigenvalue weighted by Crippen LogP contribution is -2.17. The maximum absolute atomic E-state index is 2.36. The highest BCUT2D eigenvalue weighted by atomic mass is 15.1. The van der Waals surface area contributed by atoms with Crippen LogP contribution in [0.4, 0.5) is 11.4 Å². The van der Waals surface area contributed by atoms with E-state index in [0.29, 0.717) is 0 Å². The number of rotatable bonds is 4. The van der Waals surface area contributed by atoms with Crippen molar-refractivity contribution in [1.29, 1.82) is 0 Å². The summed E-state index contributed by atoms with van der Waals surface area (Å²) in [5, 5.41) is 0. The van der Waals surface area contributed by atoms with E-state index in [1.807, 2.05) is 0 Å². The van der Waals surface area contributed by atoms with Crippen molar-refractivity contribution in [1.82, 2.24) is 0 Å². The Hall–Kier alpha value is -2.54. The largest absolute Gasteiger partial charge is 0.337 e. The minimum Gasteiger partial charge on any atom is -0.337 e. The van der Waals surface area contributed by atoms with Crippen LogP contribution < -0.4 is 4.90 Å². The van der Waals surface area contributed by atoms with Gasteiger partial charge in [0.15, 0.2) is 0 Å². The molecule has 0 unspecified atom stereocenters. The maximum Gasteiger partial charge on any atom is 0.0484 e. The van der Waals surface area contributed by atoms with Gasteiger partial charge in [-0.25, -0.2) is 0 Å². The number of benzene rings is 3. The minimum atomic E-state index is 0.877. The molecule has 0 aliphatic heterocycles. The van der Waals surface area contributed by atoms with E-state index >= 15 is 0 Å². The second-order valence-corrected chi connectivity index (χ2v) is 5.62. The molecule has 3 aromatic rings. The molecule has 0 spiro atoms. The van der Waals surface area contributed by atoms with E-state index in [2.05, 4.69) is 97.6 Å². The van der Waals surface area contributed by atoms with Crippen LogP contribution in [0, 0.1) is 13.8 Å². The van der Waals surface area contributed by atoms with Gasteiger partial charge in [-0.2, -0.15) is 0 Å². The average Bonchev–Trinajstić information content (AvgIpc) is 2.58. The van der Waals surface area contributed by atoms with Crippen molar-refractivity contribution in [3.63, 3.8) is 0 Å². The summed E-state index contributed by atoms with van der Waals surface area (Å²) in [4.78, 5) is 2.36. The summed E-state index contributed by atoms with van der Waals surface area (Å²) in [6.07, 6.45) is 0. The van der Waals surface area contributed by atoms with Crippen LogP contribution in [0.25, 0.3) is 0 Å². The molecule has 1 nitrogen and oxygen atoms in total. The van der Waals surface area contributed by atoms with Crippen molar-refractivity contribution in [2.24, 2.45) is 0 Å². The van der Waals surface area contributed by atoms with Crippen LogP contribution in [0.15, 0.2) is 78.9 Å². The van der Waals surface area contributed by atoms with Crippen molar-refractivity contribution >= 4 is 11.4 Å². The van der Waals surface area contributed by atoms with E-state index in [-0.39, 0.29) is 0 Å². The van der Waals surface area contributed by atoms with Gasteiger partial charge in [0.1, 0.15) is 0 Å². The molecule has 0 fully saturated rings. The van der Waals surface area contributed by atoms with Gasteiger partial charge in [0, 0.05) is 17.9 Å². The van der Waals surface area contributed by atoms with Crippen molar-refractivity contribution < 1.29 is 0 Å². The van der Waals surface area contributed by atoms with Crippen molar-refractivity contribution in [2.45, 2.75) is 20.4 Å². The van der Waals surface area contributed by atoms with Crippen LogP contribution in [0.2, 0.25) is 0 Å². The standard InChI is InChI=1S/C21H21N/c1-17-10-9-11-19(18(17)2)16-22(20-12-5-3-6-13-20)21-14-7-4-8-15-21/h3-15H,16H2,1-2H3. The molecule has 110 valence electrons. The summed E-state index contributed by atoms with van der Waals surface area (Å²) in [6, 6.07) is 27.7. The number of hydrogen-bond donors (Lipinski definition) is 0. The molecular weight excluding hydrogens is 266 g/mol. The number of para-hydroxylation sites is 2. The lowest BCUT2D eigenvalue weighted by Gasteiger charge is -2.26. The van der Waals surface area contributed by atoms with Gasteiger partial charge >= 0.3 is 0 Å². The molecule has 0 N–H and O–H groups in total. The number of aryl methyl sites for hydroxylation is 1. The second-order valence-electron chi connectivity index (χ2n) is 5.62. The van der Waals surface area contributed by atoms with Crippen LogP contribution in [-0.4, -0.2) is 0 Å². The fourth-order valence-corrected chi connectivity index (χ4v) is 2.70. The first kappa shape index (κ1) is 14.4. The van der Waals surface area contributed by atoms with Gasteiger partial charge in [-0.1, -0.05) is 54.6 Å². The Morgan fingerprint density at radius 3 is 1.73 bits per heavy atom. The Kier molecular flexibility index (Phi) is 4.24. The zero-order valence-electron chi connectivity index (χ0n) is 13.2. The number of nitrogens with zero attached hydrogens (tertiary/aromatic N) is 1. The van der Waals surface area contributed by atoms with Crippen LogP contribution >= 0.6 is 0 Å². The van der Waals surface area contributed by atoms with Crippen LogP contribution in [-0.2, 0) is 6.54 Å². The monoisotopic (exact) mass is 287 g/mol. The summed E-state index contributed by atoms with van der Waals surface area (Å²) in [6.45, 7) is 5.26. The van der Waals surface area contributed by atoms with E-state index < -0.39 is 0 Å². The van der Waals surface area contributed by atoms with E-state index in [1.165, 1.54) is 28.1 Å². The highest BCUT2D eigenvalue weighted by Crippen LogP contribution is 2.28. The molecular formula is C21H21N. The predicted molar refractivity (Wildman–Crippen MR) is 94.6 cm³/mol. The van der Waals surface area contributed by atoms with Gasteiger partial charge in [-0.3, -0.25) is 0 Å². The summed E-state index contributed by atoms with van der Waals surface area (Å²) < 4.78 is 0. The van der Waals surface area contributed by atoms with E-state index in [9.17, 15) is 0 Å². The SMILES string of the molecule is Cc1cccc(CN(c2ccccc2)c2ccccc2)c1C. The highest BCUT2D eigenvalue weighted by Gasteiger charge is 2.11. The molecule has 0 aliphatic rings. The first-order chi connectivity index (χ1) is 10.8. The smallest absolute Gasteiger partial charge is 0.0484 e. The van der Waals surface area contributed by atoms with Gasteiger partial charge < -0.3 is 4.90 Å². The third kappa shape index (κ3) is 3.04. The number of hydrogen-bond acceptors (Lipinski definition) is 1. The topological polar surface area (TPSA) is 3.24 Å². The second kappa shape index (κ2) is 6.48. The Labute approximate surface area is 132 Å². The lowest BCUT2D eigenvalue weighted by atomic mass is 10.0. The van der Waals surface area contributed by atoms with E-state index in [1.54, 1.807) is 0 Å². The zero-order chi connectivity index (χ0) is 15.4. The molecule has 22 heavy (non-hydrogen) atoms. The third-order valence-corrected chi connectivity index (χ3v) is 4.18. The van der Waals surface area contributed by atoms with Crippen LogP contribution in [0.1, 0.15) is 16.7 Å². The van der Waals surface area contributed by atoms with E-state index in [0.717, 1.165) is 6.54 Å². The van der Waals surface area contributed by atoms with Crippen molar-refractivity contribution in [3.05, 3.63) is 95.6 Å². The molecule has 0 saturated carbocycles. The lowest BCUT2D eigenvalue weighted by molar-refractivity contribution is 0.959. The highest BCUT2D eigenvalue weighted by molar-refractivity contribution is 5.63. The Bertz CT molecular complexity index is 693. The van der Waals surface area contributed by atoms with Crippen LogP contribution in [0.5, 0.6) is 0 Å². The predicted octanol–water partition coefficient (Wildman–Crippen LogP) is 5.64. The van der Waals surface area contributed by atoms with Gasteiger partial charge in [0.05, 0.1) is 0 Å². The van der Waals surface area contributed by atoms with Gasteiger partial charge in [-0.05, 0) is 54.8 Å². The molecule has 0 heterocycles. The molecule has 0 bridgehead atoms. The number of anilines is 2. The molecule has 0 radical (unpaired) electrons. The van der Waals surface area contributed by atoms with Gasteiger partial charge in [-0.15, -0.1) is 0 Å². The normalized spacial score (nSPS) is 10.5. The van der Waals surface area contributed by atoms with Gasteiger partial charge in [0.2, 0.25) is 0 Å². The third-order valence-electron chi connectivity index (χ3n) is 4.18. The molecule has 3 rings (SSSR count). The summed E-state index contributed by atoms with van der Waals surface area (Å²) >= 11 is 0. The molecule has 0 saturated heterocycles. The first-order valence-electron chi connectivity index (χ1n) is 7.68. The minimum absolute atomic E-state index is 0.877. The summed E-state index contributed by atoms with van der Waals surface area (Å²) in [5.74, 6) is 0. The molecule has 0 aliphatic carbocycles. The Morgan fingerprint density at radius 1 is 0.636 bits per heavy atom. The fraction of sp³-hybridized carbons (Fsp3) is 0.143. The summed E-state index contributed by atoms with van der Waals surface area (Å²) in [5.41, 5.74) is 6.52. The molecule has 0 atom stereocenters. The fourth-order valence-electron chi connectivity index (χ4n) is 2.70. The zero-order valence-corrected chi connectivity index (χ0v) is 13.2.